The van der Waals surface area contributed by atoms with E-state index < -0.39 is 0 Å². The van der Waals surface area contributed by atoms with Crippen molar-refractivity contribution in [1.29, 1.82) is 0 Å². The van der Waals surface area contributed by atoms with Crippen LogP contribution < -0.4 is 0 Å². The molecule has 0 nitrogen and oxygen atoms in total. The number of alkyl halides is 1. The molecule has 0 saturated heterocycles. The van der Waals surface area contributed by atoms with E-state index in [1.54, 1.807) is 0 Å². The van der Waals surface area contributed by atoms with Crippen LogP contribution in [0.3, 0.4) is 0 Å². The van der Waals surface area contributed by atoms with Crippen molar-refractivity contribution in [3.05, 3.63) is 10.1 Å². The molecule has 0 rings (SSSR count). The van der Waals surface area contributed by atoms with Gasteiger partial charge in [0, 0.05) is 4.48 Å². The monoisotopic (exact) mass is 182 g/mol. The molecule has 0 fully saturated rings. The zero-order valence-electron chi connectivity index (χ0n) is 4.46. The Morgan fingerprint density at radius 1 is 1.57 bits per heavy atom. The second kappa shape index (κ2) is 3.50. The van der Waals surface area contributed by atoms with E-state index in [9.17, 15) is 0 Å². The molecule has 0 aliphatic rings. The van der Waals surface area contributed by atoms with Gasteiger partial charge < -0.3 is 0 Å². The topological polar surface area (TPSA) is 0 Å². The van der Waals surface area contributed by atoms with Gasteiger partial charge in [0.25, 0.3) is 0 Å². The highest BCUT2D eigenvalue weighted by atomic mass is 79.9. The van der Waals surface area contributed by atoms with Gasteiger partial charge in [-0.05, 0) is 13.8 Å². The summed E-state index contributed by atoms with van der Waals surface area (Å²) in [6.45, 7) is 4.04. The Morgan fingerprint density at radius 2 is 2.00 bits per heavy atom. The van der Waals surface area contributed by atoms with E-state index in [1.165, 1.54) is 5.57 Å². The van der Waals surface area contributed by atoms with Crippen LogP contribution in [0, 0.1) is 0 Å². The van der Waals surface area contributed by atoms with Crippen LogP contribution in [0.15, 0.2) is 10.1 Å². The fourth-order valence-electron chi connectivity index (χ4n) is 0.134. The SMILES string of the molecule is CC(C)=C(Br)CCl. The van der Waals surface area contributed by atoms with Gasteiger partial charge in [0.15, 0.2) is 0 Å². The van der Waals surface area contributed by atoms with Crippen molar-refractivity contribution in [3.8, 4) is 0 Å². The second-order valence-electron chi connectivity index (χ2n) is 1.54. The van der Waals surface area contributed by atoms with E-state index in [0.717, 1.165) is 4.48 Å². The summed E-state index contributed by atoms with van der Waals surface area (Å²) in [6, 6.07) is 0. The average Bonchev–Trinajstić information content (AvgIpc) is 1.65. The van der Waals surface area contributed by atoms with Crippen molar-refractivity contribution >= 4 is 27.5 Å². The summed E-state index contributed by atoms with van der Waals surface area (Å²) >= 11 is 8.73. The van der Waals surface area contributed by atoms with Gasteiger partial charge in [-0.1, -0.05) is 21.5 Å². The summed E-state index contributed by atoms with van der Waals surface area (Å²) in [5.41, 5.74) is 1.25. The molecule has 0 bridgehead atoms. The third kappa shape index (κ3) is 3.12. The Hall–Kier alpha value is 0.510. The van der Waals surface area contributed by atoms with Crippen LogP contribution in [0.1, 0.15) is 13.8 Å². The minimum Gasteiger partial charge on any atom is -0.121 e. The molecule has 0 N–H and O–H groups in total. The first-order valence-electron chi connectivity index (χ1n) is 2.06. The molecule has 2 heteroatoms. The van der Waals surface area contributed by atoms with E-state index in [-0.39, 0.29) is 0 Å². The molecular weight excluding hydrogens is 175 g/mol. The van der Waals surface area contributed by atoms with Crippen LogP contribution in [0.2, 0.25) is 0 Å². The molecule has 0 spiro atoms. The Labute approximate surface area is 57.7 Å². The summed E-state index contributed by atoms with van der Waals surface area (Å²) in [5, 5.41) is 0. The second-order valence-corrected chi connectivity index (χ2v) is 2.76. The lowest BCUT2D eigenvalue weighted by Crippen LogP contribution is -1.73. The molecule has 0 aromatic rings. The molecule has 0 heterocycles. The number of rotatable bonds is 1. The minimum absolute atomic E-state index is 0.586. The lowest BCUT2D eigenvalue weighted by atomic mass is 10.3. The Kier molecular flexibility index (Phi) is 3.76. The first-order valence-corrected chi connectivity index (χ1v) is 3.39. The highest BCUT2D eigenvalue weighted by Gasteiger charge is 1.87. The van der Waals surface area contributed by atoms with Gasteiger partial charge >= 0.3 is 0 Å². The summed E-state index contributed by atoms with van der Waals surface area (Å²) < 4.78 is 1.09. The van der Waals surface area contributed by atoms with Crippen molar-refractivity contribution in [2.45, 2.75) is 13.8 Å². The van der Waals surface area contributed by atoms with Crippen LogP contribution in [0.25, 0.3) is 0 Å². The summed E-state index contributed by atoms with van der Waals surface area (Å²) in [6.07, 6.45) is 0. The lowest BCUT2D eigenvalue weighted by Gasteiger charge is -1.90. The molecule has 0 radical (unpaired) electrons. The van der Waals surface area contributed by atoms with Gasteiger partial charge in [0.05, 0.1) is 5.88 Å². The predicted octanol–water partition coefficient (Wildman–Crippen LogP) is 2.91. The first kappa shape index (κ1) is 7.51. The summed E-state index contributed by atoms with van der Waals surface area (Å²) in [4.78, 5) is 0. The standard InChI is InChI=1S/C5H8BrCl/c1-4(2)5(6)3-7/h3H2,1-2H3. The maximum Gasteiger partial charge on any atom is 0.0539 e. The molecule has 0 aliphatic carbocycles. The summed E-state index contributed by atoms with van der Waals surface area (Å²) in [7, 11) is 0. The largest absolute Gasteiger partial charge is 0.121 e. The fraction of sp³-hybridized carbons (Fsp3) is 0.600. The fourth-order valence-corrected chi connectivity index (χ4v) is 0.401. The van der Waals surface area contributed by atoms with Crippen molar-refractivity contribution in [2.24, 2.45) is 0 Å². The van der Waals surface area contributed by atoms with Crippen LogP contribution in [0.4, 0.5) is 0 Å². The number of hydrogen-bond acceptors (Lipinski definition) is 0. The maximum atomic E-state index is 5.44. The van der Waals surface area contributed by atoms with Crippen molar-refractivity contribution in [1.82, 2.24) is 0 Å². The van der Waals surface area contributed by atoms with Crippen LogP contribution in [-0.4, -0.2) is 5.88 Å². The van der Waals surface area contributed by atoms with Gasteiger partial charge in [0.1, 0.15) is 0 Å². The Morgan fingerprint density at radius 3 is 2.00 bits per heavy atom. The molecule has 7 heavy (non-hydrogen) atoms. The number of hydrogen-bond donors (Lipinski definition) is 0. The van der Waals surface area contributed by atoms with Crippen LogP contribution >= 0.6 is 27.5 Å². The van der Waals surface area contributed by atoms with Crippen molar-refractivity contribution < 1.29 is 0 Å². The van der Waals surface area contributed by atoms with Crippen LogP contribution in [-0.2, 0) is 0 Å². The van der Waals surface area contributed by atoms with E-state index in [4.69, 9.17) is 11.6 Å². The van der Waals surface area contributed by atoms with Gasteiger partial charge in [-0.2, -0.15) is 0 Å². The smallest absolute Gasteiger partial charge is 0.0539 e. The first-order chi connectivity index (χ1) is 3.18. The van der Waals surface area contributed by atoms with E-state index in [0.29, 0.717) is 5.88 Å². The van der Waals surface area contributed by atoms with E-state index in [1.807, 2.05) is 13.8 Å². The van der Waals surface area contributed by atoms with Gasteiger partial charge in [-0.25, -0.2) is 0 Å². The normalized spacial score (nSPS) is 8.57. The van der Waals surface area contributed by atoms with E-state index in [2.05, 4.69) is 15.9 Å². The molecule has 0 aromatic heterocycles. The zero-order valence-corrected chi connectivity index (χ0v) is 6.80. The molecule has 0 aliphatic heterocycles. The van der Waals surface area contributed by atoms with Gasteiger partial charge in [-0.3, -0.25) is 0 Å². The molecule has 0 amide bonds. The number of allylic oxidation sites excluding steroid dienone is 2. The third-order valence-corrected chi connectivity index (χ3v) is 2.32. The van der Waals surface area contributed by atoms with E-state index >= 15 is 0 Å². The third-order valence-electron chi connectivity index (χ3n) is 0.660. The van der Waals surface area contributed by atoms with Crippen molar-refractivity contribution in [2.75, 3.05) is 5.88 Å². The van der Waals surface area contributed by atoms with Crippen LogP contribution in [0.5, 0.6) is 0 Å². The molecule has 42 valence electrons. The molecule has 0 aromatic carbocycles. The highest BCUT2D eigenvalue weighted by Crippen LogP contribution is 2.11. The van der Waals surface area contributed by atoms with Gasteiger partial charge in [-0.15, -0.1) is 11.6 Å². The highest BCUT2D eigenvalue weighted by molar-refractivity contribution is 9.11. The molecular formula is C5H8BrCl. The lowest BCUT2D eigenvalue weighted by molar-refractivity contribution is 1.35. The van der Waals surface area contributed by atoms with Crippen molar-refractivity contribution in [3.63, 3.8) is 0 Å². The molecule has 0 unspecified atom stereocenters. The quantitative estimate of drug-likeness (QED) is 0.549. The average molecular weight is 183 g/mol. The Bertz CT molecular complexity index is 82.1. The maximum absolute atomic E-state index is 5.44. The predicted molar refractivity (Wildman–Crippen MR) is 38.0 cm³/mol. The minimum atomic E-state index is 0.586. The zero-order chi connectivity index (χ0) is 5.86. The Balaban J connectivity index is 3.72. The summed E-state index contributed by atoms with van der Waals surface area (Å²) in [5.74, 6) is 0.586. The molecule has 0 saturated carbocycles. The molecule has 0 atom stereocenters. The van der Waals surface area contributed by atoms with Gasteiger partial charge in [0.2, 0.25) is 0 Å². The number of halogens is 2.